The van der Waals surface area contributed by atoms with Crippen LogP contribution < -0.4 is 0 Å². The highest BCUT2D eigenvalue weighted by Crippen LogP contribution is 2.25. The molecule has 5 heteroatoms. The van der Waals surface area contributed by atoms with Gasteiger partial charge in [0.05, 0.1) is 5.69 Å². The summed E-state index contributed by atoms with van der Waals surface area (Å²) in [6.45, 7) is 5.78. The normalized spacial score (nSPS) is 11.7. The minimum Gasteiger partial charge on any atom is -0.360 e. The molecular weight excluding hydrogens is 300 g/mol. The number of nitrogens with zero attached hydrogens (tertiary/aromatic N) is 2. The zero-order valence-electron chi connectivity index (χ0n) is 13.9. The molecule has 0 aliphatic heterocycles. The van der Waals surface area contributed by atoms with Gasteiger partial charge in [-0.2, -0.15) is 10.4 Å². The van der Waals surface area contributed by atoms with Crippen LogP contribution in [0.2, 0.25) is 0 Å². The predicted molar refractivity (Wildman–Crippen MR) is 93.7 cm³/mol. The molecule has 0 radical (unpaired) electrons. The molecule has 3 aromatic rings. The summed E-state index contributed by atoms with van der Waals surface area (Å²) in [5.74, 6) is -0.281. The number of hydrogen-bond donors (Lipinski definition) is 2. The SMILES string of the molecule is CCc1cccc2c(C(=O)/C(C#N)=C/c3c(C)n[nH]c3C)c[nH]c12. The zero-order valence-corrected chi connectivity index (χ0v) is 13.9. The Kier molecular flexibility index (Phi) is 4.05. The minimum absolute atomic E-state index is 0.102. The van der Waals surface area contributed by atoms with Gasteiger partial charge in [-0.15, -0.1) is 0 Å². The second-order valence-electron chi connectivity index (χ2n) is 5.74. The zero-order chi connectivity index (χ0) is 17.3. The highest BCUT2D eigenvalue weighted by Gasteiger charge is 2.18. The average Bonchev–Trinajstić information content (AvgIpc) is 3.16. The van der Waals surface area contributed by atoms with E-state index in [1.807, 2.05) is 38.1 Å². The number of ketones is 1. The summed E-state index contributed by atoms with van der Waals surface area (Å²) in [6, 6.07) is 7.91. The van der Waals surface area contributed by atoms with Gasteiger partial charge in [0.15, 0.2) is 0 Å². The third kappa shape index (κ3) is 2.52. The van der Waals surface area contributed by atoms with Crippen molar-refractivity contribution in [1.29, 1.82) is 5.26 Å². The molecule has 1 aromatic carbocycles. The molecule has 2 aromatic heterocycles. The Bertz CT molecular complexity index is 979. The van der Waals surface area contributed by atoms with E-state index >= 15 is 0 Å². The van der Waals surface area contributed by atoms with E-state index < -0.39 is 0 Å². The van der Waals surface area contributed by atoms with Crippen LogP contribution in [0.25, 0.3) is 17.0 Å². The average molecular weight is 318 g/mol. The Morgan fingerprint density at radius 1 is 1.38 bits per heavy atom. The van der Waals surface area contributed by atoms with Gasteiger partial charge in [-0.25, -0.2) is 0 Å². The fourth-order valence-corrected chi connectivity index (χ4v) is 2.91. The highest BCUT2D eigenvalue weighted by atomic mass is 16.1. The maximum absolute atomic E-state index is 12.9. The van der Waals surface area contributed by atoms with E-state index in [0.29, 0.717) is 5.56 Å². The van der Waals surface area contributed by atoms with E-state index in [1.165, 1.54) is 0 Å². The summed E-state index contributed by atoms with van der Waals surface area (Å²) < 4.78 is 0. The Hall–Kier alpha value is -3.13. The number of hydrogen-bond acceptors (Lipinski definition) is 3. The van der Waals surface area contributed by atoms with Crippen molar-refractivity contribution in [2.24, 2.45) is 0 Å². The van der Waals surface area contributed by atoms with Gasteiger partial charge in [0, 0.05) is 33.9 Å². The lowest BCUT2D eigenvalue weighted by Crippen LogP contribution is -2.01. The fraction of sp³-hybridized carbons (Fsp3) is 0.211. The molecule has 0 saturated heterocycles. The maximum atomic E-state index is 12.9. The maximum Gasteiger partial charge on any atom is 0.205 e. The number of carbonyl (C=O) groups is 1. The van der Waals surface area contributed by atoms with Crippen molar-refractivity contribution in [3.05, 3.63) is 58.0 Å². The first-order valence-corrected chi connectivity index (χ1v) is 7.83. The Balaban J connectivity index is 2.10. The van der Waals surface area contributed by atoms with Gasteiger partial charge < -0.3 is 4.98 Å². The van der Waals surface area contributed by atoms with Gasteiger partial charge in [0.25, 0.3) is 0 Å². The standard InChI is InChI=1S/C19H18N4O/c1-4-13-6-5-7-15-17(10-21-18(13)15)19(24)14(9-20)8-16-11(2)22-23-12(16)3/h5-8,10,21H,4H2,1-3H3,(H,22,23)/b14-8+. The number of aryl methyl sites for hydroxylation is 3. The molecule has 2 heterocycles. The second-order valence-corrected chi connectivity index (χ2v) is 5.74. The van der Waals surface area contributed by atoms with Crippen molar-refractivity contribution in [2.75, 3.05) is 0 Å². The first-order chi connectivity index (χ1) is 11.6. The summed E-state index contributed by atoms with van der Waals surface area (Å²) in [5.41, 5.74) is 5.11. The second kappa shape index (κ2) is 6.17. The van der Waals surface area contributed by atoms with Crippen molar-refractivity contribution in [3.63, 3.8) is 0 Å². The van der Waals surface area contributed by atoms with E-state index in [-0.39, 0.29) is 11.4 Å². The number of rotatable bonds is 4. The van der Waals surface area contributed by atoms with Gasteiger partial charge >= 0.3 is 0 Å². The van der Waals surface area contributed by atoms with Gasteiger partial charge in [0.1, 0.15) is 11.6 Å². The number of carbonyl (C=O) groups excluding carboxylic acids is 1. The van der Waals surface area contributed by atoms with Crippen LogP contribution in [0.5, 0.6) is 0 Å². The predicted octanol–water partition coefficient (Wildman–Crippen LogP) is 3.86. The van der Waals surface area contributed by atoms with Crippen molar-refractivity contribution in [2.45, 2.75) is 27.2 Å². The summed E-state index contributed by atoms with van der Waals surface area (Å²) in [7, 11) is 0. The number of benzene rings is 1. The molecule has 5 nitrogen and oxygen atoms in total. The molecule has 0 saturated carbocycles. The van der Waals surface area contributed by atoms with Crippen LogP contribution in [-0.2, 0) is 6.42 Å². The molecule has 2 N–H and O–H groups in total. The third-order valence-corrected chi connectivity index (χ3v) is 4.27. The molecule has 0 amide bonds. The molecule has 3 rings (SSSR count). The lowest BCUT2D eigenvalue weighted by atomic mass is 9.99. The third-order valence-electron chi connectivity index (χ3n) is 4.27. The summed E-state index contributed by atoms with van der Waals surface area (Å²) >= 11 is 0. The number of nitrogens with one attached hydrogen (secondary N) is 2. The highest BCUT2D eigenvalue weighted by molar-refractivity contribution is 6.20. The Morgan fingerprint density at radius 2 is 2.17 bits per heavy atom. The van der Waals surface area contributed by atoms with Crippen LogP contribution in [-0.4, -0.2) is 21.0 Å². The molecule has 0 unspecified atom stereocenters. The molecule has 0 bridgehead atoms. The number of fused-ring (bicyclic) bond motifs is 1. The summed E-state index contributed by atoms with van der Waals surface area (Å²) in [6.07, 6.45) is 4.17. The number of aromatic amines is 2. The Labute approximate surface area is 140 Å². The van der Waals surface area contributed by atoms with Crippen LogP contribution in [0.1, 0.15) is 39.8 Å². The number of allylic oxidation sites excluding steroid dienone is 1. The molecule has 0 aliphatic carbocycles. The molecule has 0 aliphatic rings. The molecule has 0 fully saturated rings. The molecular formula is C19H18N4O. The Morgan fingerprint density at radius 3 is 2.79 bits per heavy atom. The van der Waals surface area contributed by atoms with Gasteiger partial charge in [-0.1, -0.05) is 25.1 Å². The first kappa shape index (κ1) is 15.8. The fourth-order valence-electron chi connectivity index (χ4n) is 2.91. The smallest absolute Gasteiger partial charge is 0.205 e. The van der Waals surface area contributed by atoms with Gasteiger partial charge in [-0.05, 0) is 31.9 Å². The van der Waals surface area contributed by atoms with E-state index in [2.05, 4.69) is 22.1 Å². The molecule has 0 atom stereocenters. The largest absolute Gasteiger partial charge is 0.360 e. The van der Waals surface area contributed by atoms with E-state index in [0.717, 1.165) is 39.8 Å². The summed E-state index contributed by atoms with van der Waals surface area (Å²) in [5, 5.41) is 17.3. The number of para-hydroxylation sites is 1. The number of H-pyrrole nitrogens is 2. The van der Waals surface area contributed by atoms with Crippen molar-refractivity contribution < 1.29 is 4.79 Å². The van der Waals surface area contributed by atoms with E-state index in [4.69, 9.17) is 0 Å². The van der Waals surface area contributed by atoms with Crippen molar-refractivity contribution in [1.82, 2.24) is 15.2 Å². The quantitative estimate of drug-likeness (QED) is 0.435. The number of aromatic nitrogens is 3. The number of nitriles is 1. The van der Waals surface area contributed by atoms with Crippen molar-refractivity contribution in [3.8, 4) is 6.07 Å². The molecule has 24 heavy (non-hydrogen) atoms. The number of Topliss-reactive ketones (excluding diaryl/α,β-unsaturated/α-hetero) is 1. The monoisotopic (exact) mass is 318 g/mol. The van der Waals surface area contributed by atoms with Gasteiger partial charge in [-0.3, -0.25) is 9.89 Å². The topological polar surface area (TPSA) is 85.3 Å². The first-order valence-electron chi connectivity index (χ1n) is 7.83. The minimum atomic E-state index is -0.281. The van der Waals surface area contributed by atoms with Gasteiger partial charge in [0.2, 0.25) is 5.78 Å². The van der Waals surface area contributed by atoms with Crippen molar-refractivity contribution >= 4 is 22.8 Å². The summed E-state index contributed by atoms with van der Waals surface area (Å²) in [4.78, 5) is 16.0. The van der Waals surface area contributed by atoms with Crippen LogP contribution in [0.4, 0.5) is 0 Å². The lowest BCUT2D eigenvalue weighted by Gasteiger charge is -2.01. The van der Waals surface area contributed by atoms with Crippen LogP contribution >= 0.6 is 0 Å². The van der Waals surface area contributed by atoms with Crippen LogP contribution in [0.15, 0.2) is 30.0 Å². The van der Waals surface area contributed by atoms with Crippen LogP contribution in [0, 0.1) is 25.2 Å². The van der Waals surface area contributed by atoms with E-state index in [1.54, 1.807) is 12.3 Å². The van der Waals surface area contributed by atoms with Crippen LogP contribution in [0.3, 0.4) is 0 Å². The molecule has 120 valence electrons. The lowest BCUT2D eigenvalue weighted by molar-refractivity contribution is 0.104. The van der Waals surface area contributed by atoms with E-state index in [9.17, 15) is 10.1 Å². The molecule has 0 spiro atoms.